The SMILES string of the molecule is O=P([O-])([O-])[O-].O=P([O-])([O-])[O-].[Co+2].[Co+2].[Co+2].[NH4+].[OH-]. The van der Waals surface area contributed by atoms with E-state index in [0.717, 1.165) is 0 Å². The largest absolute Gasteiger partial charge is 2.00 e. The van der Waals surface area contributed by atoms with Gasteiger partial charge in [0.1, 0.15) is 0 Å². The molecule has 0 aliphatic rings. The molecule has 15 heteroatoms. The number of hydrogen-bond donors (Lipinski definition) is 1. The average Bonchev–Trinajstić information content (AvgIpc) is 1.12. The van der Waals surface area contributed by atoms with Gasteiger partial charge < -0.3 is 50.1 Å². The molecule has 101 valence electrons. The molecule has 10 nitrogen and oxygen atoms in total. The maximum atomic E-state index is 8.55. The van der Waals surface area contributed by atoms with Crippen LogP contribution in [-0.4, -0.2) is 5.48 Å². The van der Waals surface area contributed by atoms with Crippen LogP contribution in [0.25, 0.3) is 0 Å². The van der Waals surface area contributed by atoms with E-state index in [1.54, 1.807) is 0 Å². The first kappa shape index (κ1) is 43.8. The zero-order valence-corrected chi connectivity index (χ0v) is 11.5. The van der Waals surface area contributed by atoms with Crippen LogP contribution in [-0.2, 0) is 59.5 Å². The minimum atomic E-state index is -5.39. The predicted octanol–water partition coefficient (Wildman–Crippen LogP) is -5.46. The molecule has 0 heterocycles. The van der Waals surface area contributed by atoms with E-state index in [0.29, 0.717) is 0 Å². The van der Waals surface area contributed by atoms with Crippen molar-refractivity contribution in [3.8, 4) is 0 Å². The molecule has 0 amide bonds. The first-order chi connectivity index (χ1) is 4.00. The first-order valence-corrected chi connectivity index (χ1v) is 4.38. The molecule has 0 atom stereocenters. The molecule has 0 aliphatic carbocycles. The molecule has 0 aromatic rings. The summed E-state index contributed by atoms with van der Waals surface area (Å²) in [5.41, 5.74) is 0. The third-order valence-electron chi connectivity index (χ3n) is 0. The van der Waals surface area contributed by atoms with Gasteiger partial charge in [0.05, 0.1) is 0 Å². The van der Waals surface area contributed by atoms with Gasteiger partial charge in [0.15, 0.2) is 0 Å². The molecular weight excluding hydrogens is 397 g/mol. The van der Waals surface area contributed by atoms with Crippen molar-refractivity contribution in [2.45, 2.75) is 0 Å². The molecule has 15 heavy (non-hydrogen) atoms. The number of rotatable bonds is 0. The summed E-state index contributed by atoms with van der Waals surface area (Å²) in [6.45, 7) is 0. The van der Waals surface area contributed by atoms with Crippen molar-refractivity contribution >= 4 is 15.6 Å². The fourth-order valence-electron chi connectivity index (χ4n) is 0. The summed E-state index contributed by atoms with van der Waals surface area (Å²) >= 11 is 0. The Morgan fingerprint density at radius 2 is 0.600 bits per heavy atom. The minimum absolute atomic E-state index is 0. The van der Waals surface area contributed by atoms with E-state index < -0.39 is 15.6 Å². The third kappa shape index (κ3) is 1060. The van der Waals surface area contributed by atoms with Gasteiger partial charge in [-0.25, -0.2) is 0 Å². The van der Waals surface area contributed by atoms with E-state index >= 15 is 0 Å². The maximum absolute atomic E-state index is 8.55. The first-order valence-electron chi connectivity index (χ1n) is 1.46. The van der Waals surface area contributed by atoms with E-state index in [9.17, 15) is 0 Å². The quantitative estimate of drug-likeness (QED) is 0.380. The third-order valence-corrected chi connectivity index (χ3v) is 0. The van der Waals surface area contributed by atoms with Crippen LogP contribution in [0.15, 0.2) is 0 Å². The van der Waals surface area contributed by atoms with Crippen LogP contribution in [0.2, 0.25) is 0 Å². The van der Waals surface area contributed by atoms with Gasteiger partial charge in [-0.15, -0.1) is 0 Å². The van der Waals surface area contributed by atoms with Crippen LogP contribution in [0, 0.1) is 0 Å². The Balaban J connectivity index is -0.0000000128. The van der Waals surface area contributed by atoms with Gasteiger partial charge in [-0.05, 0) is 0 Å². The summed E-state index contributed by atoms with van der Waals surface area (Å²) in [6.07, 6.45) is 0. The Morgan fingerprint density at radius 1 is 0.600 bits per heavy atom. The summed E-state index contributed by atoms with van der Waals surface area (Å²) in [6, 6.07) is 0. The predicted molar refractivity (Wildman–Crippen MR) is 23.1 cm³/mol. The van der Waals surface area contributed by atoms with Crippen LogP contribution < -0.4 is 35.5 Å². The Labute approximate surface area is 116 Å². The molecule has 0 spiro atoms. The second-order valence-electron chi connectivity index (χ2n) is 0.894. The van der Waals surface area contributed by atoms with Crippen molar-refractivity contribution < 1.29 is 94.3 Å². The van der Waals surface area contributed by atoms with E-state index in [1.165, 1.54) is 0 Å². The molecule has 0 rings (SSSR count). The fraction of sp³-hybridized carbons (Fsp3) is 0. The molecule has 0 aromatic carbocycles. The fourth-order valence-corrected chi connectivity index (χ4v) is 0. The smallest absolute Gasteiger partial charge is 0.870 e. The maximum Gasteiger partial charge on any atom is 2.00 e. The van der Waals surface area contributed by atoms with E-state index in [1.807, 2.05) is 0 Å². The van der Waals surface area contributed by atoms with Crippen molar-refractivity contribution in [1.29, 1.82) is 0 Å². The Hall–Kier alpha value is 1.66. The topological polar surface area (TPSA) is 239 Å². The van der Waals surface area contributed by atoms with Crippen molar-refractivity contribution in [3.63, 3.8) is 0 Å². The summed E-state index contributed by atoms with van der Waals surface area (Å²) in [5.74, 6) is 0. The van der Waals surface area contributed by atoms with Crippen LogP contribution in [0.5, 0.6) is 0 Å². The number of hydrogen-bond acceptors (Lipinski definition) is 9. The molecule has 0 unspecified atom stereocenters. The Bertz CT molecular complexity index is 136. The van der Waals surface area contributed by atoms with E-state index in [4.69, 9.17) is 38.5 Å². The normalized spacial score (nSPS) is 7.87. The molecule has 3 radical (unpaired) electrons. The van der Waals surface area contributed by atoms with Gasteiger partial charge in [0.25, 0.3) is 0 Å². The molecule has 0 saturated carbocycles. The van der Waals surface area contributed by atoms with Crippen molar-refractivity contribution in [2.24, 2.45) is 0 Å². The van der Waals surface area contributed by atoms with Gasteiger partial charge in [0, 0.05) is 0 Å². The van der Waals surface area contributed by atoms with Gasteiger partial charge in [-0.2, -0.15) is 15.6 Å². The van der Waals surface area contributed by atoms with Crippen LogP contribution in [0.1, 0.15) is 0 Å². The van der Waals surface area contributed by atoms with Crippen LogP contribution in [0.3, 0.4) is 0 Å². The van der Waals surface area contributed by atoms with Crippen molar-refractivity contribution in [1.82, 2.24) is 6.15 Å². The zero-order chi connectivity index (χ0) is 9.00. The van der Waals surface area contributed by atoms with Gasteiger partial charge in [0.2, 0.25) is 0 Å². The Morgan fingerprint density at radius 3 is 0.600 bits per heavy atom. The second kappa shape index (κ2) is 18.0. The molecule has 5 N–H and O–H groups in total. The van der Waals surface area contributed by atoms with Crippen LogP contribution >= 0.6 is 15.6 Å². The number of quaternary nitrogens is 1. The molecule has 0 aromatic heterocycles. The zero-order valence-electron chi connectivity index (χ0n) is 6.61. The molecule has 0 bridgehead atoms. The summed E-state index contributed by atoms with van der Waals surface area (Å²) in [4.78, 5) is 51.3. The summed E-state index contributed by atoms with van der Waals surface area (Å²) < 4.78 is 17.1. The van der Waals surface area contributed by atoms with Crippen molar-refractivity contribution in [3.05, 3.63) is 0 Å². The van der Waals surface area contributed by atoms with E-state index in [2.05, 4.69) is 0 Å². The molecular formula is H5Co3NO9P2. The minimum Gasteiger partial charge on any atom is -0.870 e. The summed E-state index contributed by atoms with van der Waals surface area (Å²) in [5, 5.41) is 0. The van der Waals surface area contributed by atoms with Gasteiger partial charge in [-0.3, -0.25) is 0 Å². The standard InChI is InChI=1S/3Co.H3N.2H3O4P.H2O/c;;;;2*1-5(2,3)4;/h;;;1H3;2*(H3,1,2,3,4);1H2/q3*+2;;;;/p-6. The van der Waals surface area contributed by atoms with Crippen LogP contribution in [0.4, 0.5) is 0 Å². The molecule has 0 fully saturated rings. The van der Waals surface area contributed by atoms with Gasteiger partial charge in [-0.1, -0.05) is 0 Å². The van der Waals surface area contributed by atoms with Crippen molar-refractivity contribution in [2.75, 3.05) is 0 Å². The second-order valence-corrected chi connectivity index (χ2v) is 2.68. The average molecular weight is 402 g/mol. The molecule has 0 aliphatic heterocycles. The number of phosphoric acid groups is 2. The summed E-state index contributed by atoms with van der Waals surface area (Å²) in [7, 11) is -10.8. The molecule has 0 saturated heterocycles. The van der Waals surface area contributed by atoms with Gasteiger partial charge >= 0.3 is 50.3 Å². The Kier molecular flexibility index (Phi) is 52.6. The van der Waals surface area contributed by atoms with E-state index in [-0.39, 0.29) is 62.0 Å². The monoisotopic (exact) mass is 402 g/mol.